The van der Waals surface area contributed by atoms with E-state index in [1.807, 2.05) is 23.9 Å². The van der Waals surface area contributed by atoms with Gasteiger partial charge < -0.3 is 5.11 Å². The highest BCUT2D eigenvalue weighted by Crippen LogP contribution is 2.67. The van der Waals surface area contributed by atoms with E-state index in [9.17, 15) is 9.90 Å². The van der Waals surface area contributed by atoms with Crippen molar-refractivity contribution in [2.75, 3.05) is 0 Å². The number of carbonyl (C=O) groups is 1. The molecule has 1 aromatic rings. The van der Waals surface area contributed by atoms with Crippen molar-refractivity contribution in [3.63, 3.8) is 0 Å². The van der Waals surface area contributed by atoms with Gasteiger partial charge in [0, 0.05) is 18.0 Å². The molecule has 4 fully saturated rings. The Bertz CT molecular complexity index is 887. The summed E-state index contributed by atoms with van der Waals surface area (Å²) in [6, 6.07) is 1.98. The summed E-state index contributed by atoms with van der Waals surface area (Å²) in [7, 11) is 0. The van der Waals surface area contributed by atoms with Crippen molar-refractivity contribution in [1.82, 2.24) is 9.78 Å². The maximum atomic E-state index is 13.3. The Labute approximate surface area is 173 Å². The standard InChI is InChI=1S/C25H34N2O2/c1-15-9-12-27(26-15)14-23(28)21-6-5-20-18-3-4-19-17(8-11-25(29)13-22(19)25)16(18)7-10-24(20,21)2/h4,9,12,16-18,20-22,29H,3,5-8,10-11,13-14H2,1-2H3/t16-,17-,18-,20+,21-,22?,24+,25+/m1/s1. The fourth-order valence-corrected chi connectivity index (χ4v) is 8.36. The van der Waals surface area contributed by atoms with Crippen LogP contribution in [0.15, 0.2) is 23.9 Å². The van der Waals surface area contributed by atoms with Gasteiger partial charge >= 0.3 is 0 Å². The molecule has 0 saturated heterocycles. The van der Waals surface area contributed by atoms with E-state index in [-0.39, 0.29) is 16.9 Å². The number of aliphatic hydroxyl groups is 1. The molecule has 0 aromatic carbocycles. The topological polar surface area (TPSA) is 55.1 Å². The first-order valence-electron chi connectivity index (χ1n) is 11.8. The molecule has 1 unspecified atom stereocenters. The molecule has 6 rings (SSSR count). The lowest BCUT2D eigenvalue weighted by Gasteiger charge is -2.53. The molecule has 4 heteroatoms. The maximum absolute atomic E-state index is 13.3. The van der Waals surface area contributed by atoms with Gasteiger partial charge in [0.25, 0.3) is 0 Å². The van der Waals surface area contributed by atoms with Crippen molar-refractivity contribution in [3.8, 4) is 0 Å². The van der Waals surface area contributed by atoms with Gasteiger partial charge in [-0.15, -0.1) is 0 Å². The van der Waals surface area contributed by atoms with Crippen molar-refractivity contribution in [3.05, 3.63) is 29.6 Å². The van der Waals surface area contributed by atoms with Gasteiger partial charge in [-0.05, 0) is 93.4 Å². The summed E-state index contributed by atoms with van der Waals surface area (Å²) < 4.78 is 1.83. The van der Waals surface area contributed by atoms with Crippen LogP contribution in [0.2, 0.25) is 0 Å². The molecular formula is C25H34N2O2. The minimum Gasteiger partial charge on any atom is -0.389 e. The number of nitrogens with zero attached hydrogens (tertiary/aromatic N) is 2. The van der Waals surface area contributed by atoms with Crippen LogP contribution < -0.4 is 0 Å². The highest BCUT2D eigenvalue weighted by Gasteiger charge is 2.63. The van der Waals surface area contributed by atoms with Gasteiger partial charge in [0.1, 0.15) is 0 Å². The highest BCUT2D eigenvalue weighted by atomic mass is 16.3. The molecule has 4 nitrogen and oxygen atoms in total. The van der Waals surface area contributed by atoms with Gasteiger partial charge in [-0.3, -0.25) is 9.48 Å². The molecule has 0 bridgehead atoms. The zero-order valence-electron chi connectivity index (χ0n) is 17.8. The lowest BCUT2D eigenvalue weighted by Crippen LogP contribution is -2.47. The molecule has 156 valence electrons. The molecule has 29 heavy (non-hydrogen) atoms. The van der Waals surface area contributed by atoms with Gasteiger partial charge in [0.15, 0.2) is 5.78 Å². The molecule has 0 amide bonds. The van der Waals surface area contributed by atoms with E-state index in [2.05, 4.69) is 18.1 Å². The van der Waals surface area contributed by atoms with Gasteiger partial charge in [-0.25, -0.2) is 0 Å². The van der Waals surface area contributed by atoms with Crippen LogP contribution in [0.4, 0.5) is 0 Å². The second-order valence-electron chi connectivity index (χ2n) is 11.2. The van der Waals surface area contributed by atoms with Crippen LogP contribution in [-0.4, -0.2) is 26.3 Å². The smallest absolute Gasteiger partial charge is 0.157 e. The van der Waals surface area contributed by atoms with E-state index < -0.39 is 0 Å². The SMILES string of the molecule is Cc1ccn(CC(=O)[C@H]2CC[C@H]3[C@@H]4CC=C5C6C[C@@]6(O)CC[C@@H]5[C@H]4CC[C@]23C)n1. The Hall–Kier alpha value is -1.42. The number of carbonyl (C=O) groups excluding carboxylic acids is 1. The number of allylic oxidation sites excluding steroid dienone is 1. The van der Waals surface area contributed by atoms with Crippen molar-refractivity contribution in [2.45, 2.75) is 77.4 Å². The van der Waals surface area contributed by atoms with Crippen LogP contribution in [-0.2, 0) is 11.3 Å². The molecule has 5 aliphatic carbocycles. The minimum absolute atomic E-state index is 0.167. The van der Waals surface area contributed by atoms with Gasteiger partial charge in [0.2, 0.25) is 0 Å². The second kappa shape index (κ2) is 6.06. The van der Waals surface area contributed by atoms with Gasteiger partial charge in [-0.2, -0.15) is 5.10 Å². The number of hydrogen-bond donors (Lipinski definition) is 1. The largest absolute Gasteiger partial charge is 0.389 e. The zero-order valence-corrected chi connectivity index (χ0v) is 17.8. The summed E-state index contributed by atoms with van der Waals surface area (Å²) in [6.45, 7) is 4.84. The molecule has 5 aliphatic rings. The summed E-state index contributed by atoms with van der Waals surface area (Å²) in [5, 5.41) is 15.1. The lowest BCUT2D eigenvalue weighted by atomic mass is 9.51. The Kier molecular flexibility index (Phi) is 3.83. The van der Waals surface area contributed by atoms with Crippen molar-refractivity contribution < 1.29 is 9.90 Å². The molecule has 0 spiro atoms. The molecule has 0 radical (unpaired) electrons. The van der Waals surface area contributed by atoms with Crippen molar-refractivity contribution in [1.29, 1.82) is 0 Å². The van der Waals surface area contributed by atoms with Crippen LogP contribution >= 0.6 is 0 Å². The van der Waals surface area contributed by atoms with Gasteiger partial charge in [-0.1, -0.05) is 18.6 Å². The molecule has 4 saturated carbocycles. The number of aromatic nitrogens is 2. The summed E-state index contributed by atoms with van der Waals surface area (Å²) in [4.78, 5) is 13.3. The monoisotopic (exact) mass is 394 g/mol. The minimum atomic E-state index is -0.339. The first-order chi connectivity index (χ1) is 13.9. The zero-order chi connectivity index (χ0) is 20.0. The Morgan fingerprint density at radius 1 is 1.24 bits per heavy atom. The third kappa shape index (κ3) is 2.60. The predicted molar refractivity (Wildman–Crippen MR) is 111 cm³/mol. The Morgan fingerprint density at radius 3 is 2.90 bits per heavy atom. The summed E-state index contributed by atoms with van der Waals surface area (Å²) in [5.74, 6) is 4.01. The molecule has 8 atom stereocenters. The van der Waals surface area contributed by atoms with E-state index in [1.165, 1.54) is 32.1 Å². The van der Waals surface area contributed by atoms with Gasteiger partial charge in [0.05, 0.1) is 17.8 Å². The molecular weight excluding hydrogens is 360 g/mol. The highest BCUT2D eigenvalue weighted by molar-refractivity contribution is 5.82. The lowest BCUT2D eigenvalue weighted by molar-refractivity contribution is -0.129. The third-order valence-corrected chi connectivity index (χ3v) is 9.88. The molecule has 1 aromatic heterocycles. The molecule has 0 aliphatic heterocycles. The van der Waals surface area contributed by atoms with E-state index in [1.54, 1.807) is 5.57 Å². The van der Waals surface area contributed by atoms with E-state index in [4.69, 9.17) is 0 Å². The van der Waals surface area contributed by atoms with Crippen molar-refractivity contribution in [2.24, 2.45) is 40.9 Å². The van der Waals surface area contributed by atoms with Crippen LogP contribution in [0, 0.1) is 47.8 Å². The summed E-state index contributed by atoms with van der Waals surface area (Å²) in [6.07, 6.45) is 13.6. The Balaban J connectivity index is 1.22. The predicted octanol–water partition coefficient (Wildman–Crippen LogP) is 4.31. The number of aryl methyl sites for hydroxylation is 1. The number of fused-ring (bicyclic) bond motifs is 7. The van der Waals surface area contributed by atoms with Crippen LogP contribution in [0.5, 0.6) is 0 Å². The van der Waals surface area contributed by atoms with Crippen molar-refractivity contribution >= 4 is 5.78 Å². The maximum Gasteiger partial charge on any atom is 0.157 e. The average molecular weight is 395 g/mol. The normalized spacial score (nSPS) is 47.5. The van der Waals surface area contributed by atoms with E-state index in [0.717, 1.165) is 36.8 Å². The summed E-state index contributed by atoms with van der Waals surface area (Å²) in [5.41, 5.74) is 2.42. The van der Waals surface area contributed by atoms with Crippen LogP contribution in [0.1, 0.15) is 64.0 Å². The van der Waals surface area contributed by atoms with E-state index in [0.29, 0.717) is 30.1 Å². The second-order valence-corrected chi connectivity index (χ2v) is 11.2. The number of hydrogen-bond acceptors (Lipinski definition) is 3. The number of ketones is 1. The number of rotatable bonds is 3. The summed E-state index contributed by atoms with van der Waals surface area (Å²) >= 11 is 0. The fraction of sp³-hybridized carbons (Fsp3) is 0.760. The third-order valence-electron chi connectivity index (χ3n) is 9.88. The fourth-order valence-electron chi connectivity index (χ4n) is 8.36. The first-order valence-corrected chi connectivity index (χ1v) is 11.8. The van der Waals surface area contributed by atoms with Crippen LogP contribution in [0.3, 0.4) is 0 Å². The quantitative estimate of drug-likeness (QED) is 0.777. The first kappa shape index (κ1) is 18.4. The van der Waals surface area contributed by atoms with Crippen LogP contribution in [0.25, 0.3) is 0 Å². The molecule has 1 N–H and O–H groups in total. The number of Topliss-reactive ketones (excluding diaryl/α,β-unsaturated/α-hetero) is 1. The average Bonchev–Trinajstić information content (AvgIpc) is 3.02. The molecule has 1 heterocycles. The Morgan fingerprint density at radius 2 is 2.10 bits per heavy atom. The van der Waals surface area contributed by atoms with E-state index >= 15 is 0 Å².